The van der Waals surface area contributed by atoms with Gasteiger partial charge in [0.05, 0.1) is 13.7 Å². The number of amides is 1. The van der Waals surface area contributed by atoms with Crippen LogP contribution in [0.25, 0.3) is 0 Å². The summed E-state index contributed by atoms with van der Waals surface area (Å²) >= 11 is 0. The van der Waals surface area contributed by atoms with Crippen LogP contribution in [-0.4, -0.2) is 31.8 Å². The largest absolute Gasteiger partial charge is 0.464 e. The van der Waals surface area contributed by atoms with Crippen molar-refractivity contribution in [1.82, 2.24) is 5.32 Å². The van der Waals surface area contributed by atoms with Gasteiger partial charge in [-0.15, -0.1) is 0 Å². The number of unbranched alkanes of at least 4 members (excludes halogenated alkanes) is 9. The Morgan fingerprint density at radius 2 is 1.46 bits per heavy atom. The molecule has 0 bridgehead atoms. The smallest absolute Gasteiger partial charge is 0.407 e. The first-order valence-corrected chi connectivity index (χ1v) is 10.7. The van der Waals surface area contributed by atoms with Crippen LogP contribution in [0, 0.1) is 0 Å². The van der Waals surface area contributed by atoms with Crippen LogP contribution in [0.3, 0.4) is 0 Å². The van der Waals surface area contributed by atoms with Crippen molar-refractivity contribution in [1.29, 1.82) is 0 Å². The molecule has 1 aromatic rings. The summed E-state index contributed by atoms with van der Waals surface area (Å²) in [6.45, 7) is 2.63. The highest BCUT2D eigenvalue weighted by Gasteiger charge is 2.23. The van der Waals surface area contributed by atoms with Crippen LogP contribution >= 0.6 is 0 Å². The zero-order chi connectivity index (χ0) is 20.5. The maximum atomic E-state index is 12.4. The van der Waals surface area contributed by atoms with Crippen LogP contribution in [-0.2, 0) is 20.7 Å². The van der Waals surface area contributed by atoms with Crippen LogP contribution in [0.1, 0.15) is 76.7 Å². The molecule has 0 radical (unpaired) electrons. The third-order valence-corrected chi connectivity index (χ3v) is 4.79. The average Bonchev–Trinajstić information content (AvgIpc) is 2.72. The van der Waals surface area contributed by atoms with Crippen molar-refractivity contribution in [2.45, 2.75) is 83.6 Å². The molecule has 0 aromatic heterocycles. The number of nitrogens with one attached hydrogen (secondary N) is 1. The van der Waals surface area contributed by atoms with Gasteiger partial charge in [0.2, 0.25) is 0 Å². The van der Waals surface area contributed by atoms with E-state index in [0.717, 1.165) is 18.4 Å². The Bertz CT molecular complexity index is 533. The van der Waals surface area contributed by atoms with E-state index in [1.807, 2.05) is 30.3 Å². The highest BCUT2D eigenvalue weighted by atomic mass is 16.5. The van der Waals surface area contributed by atoms with Gasteiger partial charge < -0.3 is 14.8 Å². The third kappa shape index (κ3) is 11.6. The second kappa shape index (κ2) is 16.0. The van der Waals surface area contributed by atoms with Gasteiger partial charge in [0.15, 0.2) is 0 Å². The van der Waals surface area contributed by atoms with Gasteiger partial charge in [0, 0.05) is 6.42 Å². The molecule has 158 valence electrons. The lowest BCUT2D eigenvalue weighted by atomic mass is 10.1. The number of rotatable bonds is 15. The molecule has 0 aliphatic heterocycles. The Morgan fingerprint density at radius 1 is 0.893 bits per heavy atom. The Hall–Kier alpha value is -2.04. The summed E-state index contributed by atoms with van der Waals surface area (Å²) in [4.78, 5) is 23.9. The molecule has 1 aromatic carbocycles. The molecule has 0 aliphatic carbocycles. The lowest BCUT2D eigenvalue weighted by Gasteiger charge is -2.17. The van der Waals surface area contributed by atoms with E-state index in [0.29, 0.717) is 13.0 Å². The standard InChI is InChI=1S/C23H37NO4/c1-3-4-5-6-7-8-9-10-11-15-18-28-22(25)21(24-23(26)27-2)19-20-16-13-12-14-17-20/h12-14,16-17,21H,3-11,15,18-19H2,1-2H3,(H,24,26)/t21-/m0/s1. The number of benzene rings is 1. The van der Waals surface area contributed by atoms with Gasteiger partial charge in [-0.3, -0.25) is 0 Å². The minimum Gasteiger partial charge on any atom is -0.464 e. The molecule has 28 heavy (non-hydrogen) atoms. The Labute approximate surface area is 170 Å². The van der Waals surface area contributed by atoms with Crippen LogP contribution in [0.15, 0.2) is 30.3 Å². The number of carbonyl (C=O) groups is 2. The van der Waals surface area contributed by atoms with Crippen molar-refractivity contribution in [3.63, 3.8) is 0 Å². The number of ether oxygens (including phenoxy) is 2. The Morgan fingerprint density at radius 3 is 2.04 bits per heavy atom. The predicted octanol–water partition coefficient (Wildman–Crippen LogP) is 5.42. The van der Waals surface area contributed by atoms with Crippen LogP contribution < -0.4 is 5.32 Å². The zero-order valence-electron chi connectivity index (χ0n) is 17.6. The fraction of sp³-hybridized carbons (Fsp3) is 0.652. The van der Waals surface area contributed by atoms with Crippen molar-refractivity contribution in [2.24, 2.45) is 0 Å². The summed E-state index contributed by atoms with van der Waals surface area (Å²) < 4.78 is 10.0. The first-order chi connectivity index (χ1) is 13.7. The highest BCUT2D eigenvalue weighted by molar-refractivity contribution is 5.81. The molecule has 0 fully saturated rings. The molecule has 5 nitrogen and oxygen atoms in total. The lowest BCUT2D eigenvalue weighted by molar-refractivity contribution is -0.146. The molecule has 1 amide bonds. The normalized spacial score (nSPS) is 11.6. The van der Waals surface area contributed by atoms with Gasteiger partial charge >= 0.3 is 12.1 Å². The molecule has 0 saturated carbocycles. The average molecular weight is 392 g/mol. The molecule has 0 saturated heterocycles. The fourth-order valence-corrected chi connectivity index (χ4v) is 3.11. The molecule has 0 spiro atoms. The van der Waals surface area contributed by atoms with Crippen molar-refractivity contribution < 1.29 is 19.1 Å². The van der Waals surface area contributed by atoms with Crippen LogP contribution in [0.4, 0.5) is 4.79 Å². The minimum absolute atomic E-state index is 0.382. The molecule has 1 rings (SSSR count). The fourth-order valence-electron chi connectivity index (χ4n) is 3.11. The van der Waals surface area contributed by atoms with E-state index in [-0.39, 0.29) is 0 Å². The summed E-state index contributed by atoms with van der Waals surface area (Å²) in [6.07, 6.45) is 12.1. The van der Waals surface area contributed by atoms with Gasteiger partial charge in [0.1, 0.15) is 6.04 Å². The molecule has 5 heteroatoms. The monoisotopic (exact) mass is 391 g/mol. The summed E-state index contributed by atoms with van der Waals surface area (Å²) in [5.74, 6) is -0.412. The van der Waals surface area contributed by atoms with Crippen LogP contribution in [0.5, 0.6) is 0 Å². The number of esters is 1. The SMILES string of the molecule is CCCCCCCCCCCCOC(=O)[C@H](Cc1ccccc1)NC(=O)OC. The Balaban J connectivity index is 2.21. The molecule has 1 N–H and O–H groups in total. The van der Waals surface area contributed by atoms with E-state index >= 15 is 0 Å². The van der Waals surface area contributed by atoms with Crippen LogP contribution in [0.2, 0.25) is 0 Å². The van der Waals surface area contributed by atoms with Gasteiger partial charge in [-0.2, -0.15) is 0 Å². The van der Waals surface area contributed by atoms with E-state index in [4.69, 9.17) is 4.74 Å². The maximum absolute atomic E-state index is 12.4. The summed E-state index contributed by atoms with van der Waals surface area (Å²) in [6, 6.07) is 8.82. The predicted molar refractivity (Wildman–Crippen MR) is 112 cm³/mol. The van der Waals surface area contributed by atoms with Crippen molar-refractivity contribution in [3.8, 4) is 0 Å². The second-order valence-electron chi connectivity index (χ2n) is 7.23. The summed E-state index contributed by atoms with van der Waals surface area (Å²) in [7, 11) is 1.28. The molecule has 0 aliphatic rings. The van der Waals surface area contributed by atoms with E-state index in [2.05, 4.69) is 17.0 Å². The highest BCUT2D eigenvalue weighted by Crippen LogP contribution is 2.11. The topological polar surface area (TPSA) is 64.6 Å². The molecule has 0 heterocycles. The zero-order valence-corrected chi connectivity index (χ0v) is 17.6. The lowest BCUT2D eigenvalue weighted by Crippen LogP contribution is -2.43. The van der Waals surface area contributed by atoms with Crippen molar-refractivity contribution in [3.05, 3.63) is 35.9 Å². The molecule has 0 unspecified atom stereocenters. The second-order valence-corrected chi connectivity index (χ2v) is 7.23. The quantitative estimate of drug-likeness (QED) is 0.320. The number of hydrogen-bond acceptors (Lipinski definition) is 4. The first-order valence-electron chi connectivity index (χ1n) is 10.7. The third-order valence-electron chi connectivity index (χ3n) is 4.79. The van der Waals surface area contributed by atoms with E-state index < -0.39 is 18.1 Å². The number of carbonyl (C=O) groups excluding carboxylic acids is 2. The molecule has 1 atom stereocenters. The van der Waals surface area contributed by atoms with E-state index in [9.17, 15) is 9.59 Å². The summed E-state index contributed by atoms with van der Waals surface area (Å²) in [5.41, 5.74) is 0.958. The molecular weight excluding hydrogens is 354 g/mol. The first kappa shape index (κ1) is 24.0. The van der Waals surface area contributed by atoms with Gasteiger partial charge in [-0.25, -0.2) is 9.59 Å². The van der Waals surface area contributed by atoms with Gasteiger partial charge in [-0.1, -0.05) is 95.0 Å². The number of hydrogen-bond donors (Lipinski definition) is 1. The van der Waals surface area contributed by atoms with Crippen molar-refractivity contribution in [2.75, 3.05) is 13.7 Å². The maximum Gasteiger partial charge on any atom is 0.407 e. The number of methoxy groups -OCH3 is 1. The summed E-state index contributed by atoms with van der Waals surface area (Å²) in [5, 5.41) is 2.57. The van der Waals surface area contributed by atoms with E-state index in [1.54, 1.807) is 0 Å². The Kier molecular flexibility index (Phi) is 13.7. The minimum atomic E-state index is -0.738. The van der Waals surface area contributed by atoms with Gasteiger partial charge in [-0.05, 0) is 12.0 Å². The van der Waals surface area contributed by atoms with Crippen molar-refractivity contribution >= 4 is 12.1 Å². The number of alkyl carbamates (subject to hydrolysis) is 1. The molecular formula is C23H37NO4. The van der Waals surface area contributed by atoms with E-state index in [1.165, 1.54) is 58.5 Å². The van der Waals surface area contributed by atoms with Gasteiger partial charge in [0.25, 0.3) is 0 Å².